The molecular formula is C7H2Br2ClF2NO. The summed E-state index contributed by atoms with van der Waals surface area (Å²) in [4.78, 5) is 14.4. The molecular weight excluding hydrogens is 347 g/mol. The van der Waals surface area contributed by atoms with Crippen LogP contribution in [0.4, 0.5) is 8.78 Å². The fraction of sp³-hybridized carbons (Fsp3) is 0.143. The van der Waals surface area contributed by atoms with E-state index in [-0.39, 0.29) is 4.60 Å². The molecule has 2 nitrogen and oxygen atoms in total. The lowest BCUT2D eigenvalue weighted by Crippen LogP contribution is -2.02. The van der Waals surface area contributed by atoms with Gasteiger partial charge in [-0.15, -0.1) is 0 Å². The predicted octanol–water partition coefficient (Wildman–Crippen LogP) is 3.92. The van der Waals surface area contributed by atoms with Crippen molar-refractivity contribution >= 4 is 48.7 Å². The van der Waals surface area contributed by atoms with Crippen LogP contribution < -0.4 is 0 Å². The number of carbonyl (C=O) groups excluding carboxylic acids is 1. The van der Waals surface area contributed by atoms with Crippen molar-refractivity contribution in [1.29, 1.82) is 0 Å². The number of hydrogen-bond acceptors (Lipinski definition) is 2. The van der Waals surface area contributed by atoms with Crippen LogP contribution in [0.15, 0.2) is 15.1 Å². The Kier molecular flexibility index (Phi) is 3.97. The van der Waals surface area contributed by atoms with Gasteiger partial charge in [-0.3, -0.25) is 4.79 Å². The van der Waals surface area contributed by atoms with E-state index < -0.39 is 22.9 Å². The average molecular weight is 349 g/mol. The molecule has 0 aromatic carbocycles. The second kappa shape index (κ2) is 4.63. The highest BCUT2D eigenvalue weighted by Crippen LogP contribution is 2.30. The quantitative estimate of drug-likeness (QED) is 0.598. The summed E-state index contributed by atoms with van der Waals surface area (Å²) in [5.41, 5.74) is -0.920. The molecule has 76 valence electrons. The van der Waals surface area contributed by atoms with Gasteiger partial charge in [-0.05, 0) is 49.5 Å². The molecule has 1 rings (SSSR count). The first-order valence-electron chi connectivity index (χ1n) is 3.27. The van der Waals surface area contributed by atoms with Gasteiger partial charge in [0.25, 0.3) is 11.7 Å². The summed E-state index contributed by atoms with van der Waals surface area (Å²) >= 11 is 11.1. The van der Waals surface area contributed by atoms with Crippen LogP contribution in [0, 0.1) is 0 Å². The normalized spacial score (nSPS) is 10.7. The van der Waals surface area contributed by atoms with Crippen molar-refractivity contribution in [2.75, 3.05) is 0 Å². The van der Waals surface area contributed by atoms with Crippen LogP contribution in [0.3, 0.4) is 0 Å². The first-order chi connectivity index (χ1) is 6.43. The zero-order valence-electron chi connectivity index (χ0n) is 6.40. The molecule has 0 amide bonds. The van der Waals surface area contributed by atoms with Gasteiger partial charge in [-0.2, -0.15) is 0 Å². The lowest BCUT2D eigenvalue weighted by Gasteiger charge is -2.05. The van der Waals surface area contributed by atoms with Gasteiger partial charge in [0, 0.05) is 5.56 Å². The van der Waals surface area contributed by atoms with Gasteiger partial charge in [-0.1, -0.05) is 0 Å². The smallest absolute Gasteiger partial charge is 0.271 e. The summed E-state index contributed by atoms with van der Waals surface area (Å²) in [6, 6.07) is 1.11. The number of nitrogens with zero attached hydrogens (tertiary/aromatic N) is 1. The zero-order valence-corrected chi connectivity index (χ0v) is 10.3. The molecule has 0 saturated carbocycles. The molecule has 0 aliphatic heterocycles. The fourth-order valence-corrected chi connectivity index (χ4v) is 1.58. The highest BCUT2D eigenvalue weighted by atomic mass is 79.9. The van der Waals surface area contributed by atoms with E-state index in [0.717, 1.165) is 6.07 Å². The molecule has 0 radical (unpaired) electrons. The standard InChI is InChI=1S/C7H2Br2ClF2NO/c8-3-1-2(7(11)12)4(6(10)14)13-5(3)9/h1,7H. The van der Waals surface area contributed by atoms with Crippen molar-refractivity contribution in [1.82, 2.24) is 4.98 Å². The van der Waals surface area contributed by atoms with E-state index in [1.165, 1.54) is 0 Å². The number of rotatable bonds is 2. The predicted molar refractivity (Wildman–Crippen MR) is 54.8 cm³/mol. The average Bonchev–Trinajstić information content (AvgIpc) is 2.08. The molecule has 0 aliphatic carbocycles. The minimum atomic E-state index is -2.79. The lowest BCUT2D eigenvalue weighted by molar-refractivity contribution is 0.106. The maximum absolute atomic E-state index is 12.4. The molecule has 0 N–H and O–H groups in total. The van der Waals surface area contributed by atoms with Crippen LogP contribution in [0.5, 0.6) is 0 Å². The Morgan fingerprint density at radius 3 is 2.50 bits per heavy atom. The Hall–Kier alpha value is -0.0700. The minimum Gasteiger partial charge on any atom is -0.274 e. The number of halogens is 5. The van der Waals surface area contributed by atoms with E-state index >= 15 is 0 Å². The van der Waals surface area contributed by atoms with Crippen molar-refractivity contribution in [3.05, 3.63) is 26.4 Å². The Labute approximate surface area is 99.9 Å². The van der Waals surface area contributed by atoms with Gasteiger partial charge in [0.2, 0.25) is 0 Å². The molecule has 0 saturated heterocycles. The van der Waals surface area contributed by atoms with Gasteiger partial charge in [0.15, 0.2) is 0 Å². The van der Waals surface area contributed by atoms with Crippen molar-refractivity contribution in [3.63, 3.8) is 0 Å². The maximum Gasteiger partial charge on any atom is 0.271 e. The number of hydrogen-bond donors (Lipinski definition) is 0. The van der Waals surface area contributed by atoms with Crippen LogP contribution in [-0.4, -0.2) is 10.2 Å². The van der Waals surface area contributed by atoms with Crippen molar-refractivity contribution in [2.45, 2.75) is 6.43 Å². The van der Waals surface area contributed by atoms with E-state index in [0.29, 0.717) is 4.47 Å². The summed E-state index contributed by atoms with van der Waals surface area (Å²) < 4.78 is 25.4. The van der Waals surface area contributed by atoms with Crippen molar-refractivity contribution < 1.29 is 13.6 Å². The molecule has 0 atom stereocenters. The summed E-state index contributed by atoms with van der Waals surface area (Å²) in [6.45, 7) is 0. The monoisotopic (exact) mass is 347 g/mol. The first-order valence-corrected chi connectivity index (χ1v) is 5.23. The van der Waals surface area contributed by atoms with Gasteiger partial charge >= 0.3 is 0 Å². The highest BCUT2D eigenvalue weighted by molar-refractivity contribution is 9.13. The van der Waals surface area contributed by atoms with E-state index in [1.807, 2.05) is 0 Å². The number of aromatic nitrogens is 1. The van der Waals surface area contributed by atoms with Crippen LogP contribution >= 0.6 is 43.5 Å². The van der Waals surface area contributed by atoms with Crippen molar-refractivity contribution in [2.24, 2.45) is 0 Å². The third-order valence-electron chi connectivity index (χ3n) is 1.38. The third kappa shape index (κ3) is 2.49. The molecule has 0 unspecified atom stereocenters. The van der Waals surface area contributed by atoms with E-state index in [9.17, 15) is 13.6 Å². The van der Waals surface area contributed by atoms with E-state index in [4.69, 9.17) is 11.6 Å². The summed E-state index contributed by atoms with van der Waals surface area (Å²) in [5.74, 6) is 0. The van der Waals surface area contributed by atoms with E-state index in [2.05, 4.69) is 36.8 Å². The SMILES string of the molecule is O=C(Cl)c1nc(Br)c(Br)cc1C(F)F. The number of pyridine rings is 1. The van der Waals surface area contributed by atoms with Gasteiger partial charge in [0.1, 0.15) is 10.3 Å². The molecule has 0 aliphatic rings. The Bertz CT molecular complexity index is 386. The second-order valence-electron chi connectivity index (χ2n) is 2.27. The fourth-order valence-electron chi connectivity index (χ4n) is 0.804. The Morgan fingerprint density at radius 1 is 1.50 bits per heavy atom. The second-order valence-corrected chi connectivity index (χ2v) is 4.22. The molecule has 1 aromatic rings. The zero-order chi connectivity index (χ0) is 10.9. The summed E-state index contributed by atoms with van der Waals surface area (Å²) in [7, 11) is 0. The molecule has 0 bridgehead atoms. The number of carbonyl (C=O) groups is 1. The molecule has 14 heavy (non-hydrogen) atoms. The molecule has 1 aromatic heterocycles. The molecule has 7 heteroatoms. The Morgan fingerprint density at radius 2 is 2.07 bits per heavy atom. The van der Waals surface area contributed by atoms with Crippen LogP contribution in [0.2, 0.25) is 0 Å². The highest BCUT2D eigenvalue weighted by Gasteiger charge is 2.20. The topological polar surface area (TPSA) is 30.0 Å². The van der Waals surface area contributed by atoms with Gasteiger partial charge in [0.05, 0.1) is 4.47 Å². The van der Waals surface area contributed by atoms with E-state index in [1.54, 1.807) is 0 Å². The van der Waals surface area contributed by atoms with Crippen LogP contribution in [0.1, 0.15) is 22.5 Å². The van der Waals surface area contributed by atoms with Crippen molar-refractivity contribution in [3.8, 4) is 0 Å². The molecule has 0 fully saturated rings. The molecule has 1 heterocycles. The number of alkyl halides is 2. The minimum absolute atomic E-state index is 0.255. The third-order valence-corrected chi connectivity index (χ3v) is 3.30. The first kappa shape index (κ1) is 12.0. The van der Waals surface area contributed by atoms with Gasteiger partial charge < -0.3 is 0 Å². The maximum atomic E-state index is 12.4. The summed E-state index contributed by atoms with van der Waals surface area (Å²) in [6.07, 6.45) is -2.79. The van der Waals surface area contributed by atoms with Gasteiger partial charge in [-0.25, -0.2) is 13.8 Å². The largest absolute Gasteiger partial charge is 0.274 e. The van der Waals surface area contributed by atoms with Crippen LogP contribution in [0.25, 0.3) is 0 Å². The lowest BCUT2D eigenvalue weighted by atomic mass is 10.2. The summed E-state index contributed by atoms with van der Waals surface area (Å²) in [5, 5.41) is -1.01. The van der Waals surface area contributed by atoms with Crippen LogP contribution in [-0.2, 0) is 0 Å². The molecule has 0 spiro atoms. The Balaban J connectivity index is 3.39.